The van der Waals surface area contributed by atoms with Crippen LogP contribution in [0, 0.1) is 0 Å². The van der Waals surface area contributed by atoms with Gasteiger partial charge in [0.2, 0.25) is 0 Å². The Morgan fingerprint density at radius 3 is 2.82 bits per heavy atom. The van der Waals surface area contributed by atoms with E-state index in [9.17, 15) is 0 Å². The van der Waals surface area contributed by atoms with Crippen molar-refractivity contribution in [1.29, 1.82) is 0 Å². The predicted molar refractivity (Wildman–Crippen MR) is 74.3 cm³/mol. The third-order valence-corrected chi connectivity index (χ3v) is 3.49. The molecule has 2 rings (SSSR count). The first-order valence-electron chi connectivity index (χ1n) is 5.67. The van der Waals surface area contributed by atoms with Gasteiger partial charge >= 0.3 is 0 Å². The topological polar surface area (TPSA) is 42.2 Å². The second-order valence-electron chi connectivity index (χ2n) is 4.24. The summed E-state index contributed by atoms with van der Waals surface area (Å²) in [6, 6.07) is 8.60. The quantitative estimate of drug-likeness (QED) is 0.902. The number of anilines is 2. The average Bonchev–Trinajstić information content (AvgIpc) is 2.78. The second-order valence-corrected chi connectivity index (χ2v) is 5.27. The van der Waals surface area contributed by atoms with Gasteiger partial charge in [-0.05, 0) is 31.4 Å². The molecule has 0 saturated heterocycles. The lowest BCUT2D eigenvalue weighted by Gasteiger charge is -2.28. The Hall–Kier alpha value is -1.55. The van der Waals surface area contributed by atoms with Crippen LogP contribution in [0.15, 0.2) is 35.8 Å². The van der Waals surface area contributed by atoms with E-state index in [1.807, 2.05) is 12.1 Å². The Bertz CT molecular complexity index is 465. The molecular weight excluding hydrogens is 230 g/mol. The van der Waals surface area contributed by atoms with Crippen LogP contribution in [0.4, 0.5) is 11.5 Å². The molecule has 17 heavy (non-hydrogen) atoms. The Balaban J connectivity index is 2.23. The zero-order chi connectivity index (χ0) is 12.3. The fraction of sp³-hybridized carbons (Fsp3) is 0.308. The Labute approximate surface area is 106 Å². The zero-order valence-electron chi connectivity index (χ0n) is 10.1. The van der Waals surface area contributed by atoms with E-state index in [4.69, 9.17) is 5.73 Å². The maximum Gasteiger partial charge on any atom is 0.125 e. The standard InChI is InChI=1S/C13H17N3S/c1-10(2)16(9-12-4-3-7-17-12)11-5-6-15-13(14)8-11/h3-8,10H,9H2,1-2H3,(H2,14,15). The van der Waals surface area contributed by atoms with Crippen LogP contribution in [0.25, 0.3) is 0 Å². The molecule has 0 aromatic carbocycles. The molecule has 2 heterocycles. The lowest BCUT2D eigenvalue weighted by atomic mass is 10.2. The predicted octanol–water partition coefficient (Wildman–Crippen LogP) is 3.14. The minimum absolute atomic E-state index is 0.430. The third kappa shape index (κ3) is 2.97. The molecule has 0 fully saturated rings. The van der Waals surface area contributed by atoms with Crippen molar-refractivity contribution in [1.82, 2.24) is 4.98 Å². The van der Waals surface area contributed by atoms with E-state index in [-0.39, 0.29) is 0 Å². The number of pyridine rings is 1. The van der Waals surface area contributed by atoms with Gasteiger partial charge in [-0.1, -0.05) is 6.07 Å². The summed E-state index contributed by atoms with van der Waals surface area (Å²) < 4.78 is 0. The number of aromatic nitrogens is 1. The van der Waals surface area contributed by atoms with Gasteiger partial charge in [-0.15, -0.1) is 11.3 Å². The first-order chi connectivity index (χ1) is 8.16. The molecular formula is C13H17N3S. The van der Waals surface area contributed by atoms with Gasteiger partial charge < -0.3 is 10.6 Å². The molecule has 2 N–H and O–H groups in total. The summed E-state index contributed by atoms with van der Waals surface area (Å²) in [5.41, 5.74) is 6.86. The van der Waals surface area contributed by atoms with E-state index in [1.165, 1.54) is 4.88 Å². The smallest absolute Gasteiger partial charge is 0.125 e. The van der Waals surface area contributed by atoms with Gasteiger partial charge in [-0.2, -0.15) is 0 Å². The molecule has 4 heteroatoms. The van der Waals surface area contributed by atoms with Gasteiger partial charge in [0.1, 0.15) is 5.82 Å². The molecule has 90 valence electrons. The zero-order valence-corrected chi connectivity index (χ0v) is 10.9. The van der Waals surface area contributed by atoms with Crippen LogP contribution in [0.3, 0.4) is 0 Å². The Morgan fingerprint density at radius 1 is 1.41 bits per heavy atom. The van der Waals surface area contributed by atoms with Crippen molar-refractivity contribution in [2.45, 2.75) is 26.4 Å². The van der Waals surface area contributed by atoms with Crippen molar-refractivity contribution in [3.8, 4) is 0 Å². The highest BCUT2D eigenvalue weighted by Gasteiger charge is 2.12. The average molecular weight is 247 g/mol. The highest BCUT2D eigenvalue weighted by Crippen LogP contribution is 2.22. The van der Waals surface area contributed by atoms with Gasteiger partial charge in [-0.25, -0.2) is 4.98 Å². The molecule has 0 aliphatic rings. The number of rotatable bonds is 4. The summed E-state index contributed by atoms with van der Waals surface area (Å²) in [5.74, 6) is 0.569. The summed E-state index contributed by atoms with van der Waals surface area (Å²) >= 11 is 1.78. The van der Waals surface area contributed by atoms with Gasteiger partial charge in [0.25, 0.3) is 0 Å². The van der Waals surface area contributed by atoms with Crippen molar-refractivity contribution < 1.29 is 0 Å². The lowest BCUT2D eigenvalue weighted by Crippen LogP contribution is -2.29. The van der Waals surface area contributed by atoms with Crippen LogP contribution in [0.5, 0.6) is 0 Å². The number of nitrogens with zero attached hydrogens (tertiary/aromatic N) is 2. The van der Waals surface area contributed by atoms with Crippen LogP contribution in [0.1, 0.15) is 18.7 Å². The van der Waals surface area contributed by atoms with E-state index in [0.29, 0.717) is 11.9 Å². The normalized spacial score (nSPS) is 10.8. The van der Waals surface area contributed by atoms with Crippen LogP contribution in [-0.2, 0) is 6.54 Å². The molecule has 0 aliphatic heterocycles. The number of nitrogens with two attached hydrogens (primary N) is 1. The van der Waals surface area contributed by atoms with E-state index < -0.39 is 0 Å². The molecule has 0 spiro atoms. The third-order valence-electron chi connectivity index (χ3n) is 2.63. The number of hydrogen-bond acceptors (Lipinski definition) is 4. The van der Waals surface area contributed by atoms with Crippen molar-refractivity contribution in [2.24, 2.45) is 0 Å². The minimum Gasteiger partial charge on any atom is -0.384 e. The molecule has 2 aromatic heterocycles. The summed E-state index contributed by atoms with van der Waals surface area (Å²) in [7, 11) is 0. The van der Waals surface area contributed by atoms with Crippen LogP contribution in [0.2, 0.25) is 0 Å². The van der Waals surface area contributed by atoms with Crippen molar-refractivity contribution >= 4 is 22.8 Å². The monoisotopic (exact) mass is 247 g/mol. The molecule has 0 saturated carbocycles. The Morgan fingerprint density at radius 2 is 2.24 bits per heavy atom. The number of hydrogen-bond donors (Lipinski definition) is 1. The molecule has 2 aromatic rings. The summed E-state index contributed by atoms with van der Waals surface area (Å²) in [4.78, 5) is 7.71. The fourth-order valence-corrected chi connectivity index (χ4v) is 2.46. The summed E-state index contributed by atoms with van der Waals surface area (Å²) in [6.07, 6.45) is 1.76. The van der Waals surface area contributed by atoms with E-state index in [2.05, 4.69) is 41.2 Å². The van der Waals surface area contributed by atoms with Crippen LogP contribution in [-0.4, -0.2) is 11.0 Å². The summed E-state index contributed by atoms with van der Waals surface area (Å²) in [6.45, 7) is 5.28. The lowest BCUT2D eigenvalue weighted by molar-refractivity contribution is 0.687. The largest absolute Gasteiger partial charge is 0.384 e. The number of thiophene rings is 1. The molecule has 0 atom stereocenters. The minimum atomic E-state index is 0.430. The van der Waals surface area contributed by atoms with Crippen LogP contribution < -0.4 is 10.6 Å². The molecule has 0 bridgehead atoms. The maximum absolute atomic E-state index is 5.73. The molecule has 0 aliphatic carbocycles. The van der Waals surface area contributed by atoms with Crippen molar-refractivity contribution in [3.63, 3.8) is 0 Å². The second kappa shape index (κ2) is 5.19. The van der Waals surface area contributed by atoms with Gasteiger partial charge in [0, 0.05) is 28.9 Å². The fourth-order valence-electron chi connectivity index (χ4n) is 1.76. The Kier molecular flexibility index (Phi) is 3.64. The highest BCUT2D eigenvalue weighted by atomic mass is 32.1. The van der Waals surface area contributed by atoms with Gasteiger partial charge in [0.05, 0.1) is 6.54 Å². The van der Waals surface area contributed by atoms with E-state index in [0.717, 1.165) is 12.2 Å². The van der Waals surface area contributed by atoms with Gasteiger partial charge in [-0.3, -0.25) is 0 Å². The molecule has 3 nitrogen and oxygen atoms in total. The van der Waals surface area contributed by atoms with Gasteiger partial charge in [0.15, 0.2) is 0 Å². The van der Waals surface area contributed by atoms with Crippen LogP contribution >= 0.6 is 11.3 Å². The first-order valence-corrected chi connectivity index (χ1v) is 6.55. The number of nitrogen functional groups attached to an aromatic ring is 1. The van der Waals surface area contributed by atoms with Crippen molar-refractivity contribution in [2.75, 3.05) is 10.6 Å². The maximum atomic E-state index is 5.73. The summed E-state index contributed by atoms with van der Waals surface area (Å²) in [5, 5.41) is 2.11. The van der Waals surface area contributed by atoms with Crippen molar-refractivity contribution in [3.05, 3.63) is 40.7 Å². The highest BCUT2D eigenvalue weighted by molar-refractivity contribution is 7.09. The molecule has 0 unspecified atom stereocenters. The van der Waals surface area contributed by atoms with E-state index >= 15 is 0 Å². The SMILES string of the molecule is CC(C)N(Cc1cccs1)c1ccnc(N)c1. The molecule has 0 radical (unpaired) electrons. The molecule has 0 amide bonds. The van der Waals surface area contributed by atoms with E-state index in [1.54, 1.807) is 17.5 Å². The first kappa shape index (κ1) is 11.9.